The molecule has 0 atom stereocenters. The quantitative estimate of drug-likeness (QED) is 0.508. The predicted molar refractivity (Wildman–Crippen MR) is 85.4 cm³/mol. The van der Waals surface area contributed by atoms with Crippen molar-refractivity contribution in [2.45, 2.75) is 0 Å². The minimum atomic E-state index is -0.884. The molecule has 1 N–H and O–H groups in total. The average molecular weight is 356 g/mol. The molecule has 0 aliphatic carbocycles. The van der Waals surface area contributed by atoms with Gasteiger partial charge in [0.2, 0.25) is 6.79 Å². The Bertz CT molecular complexity index is 983. The van der Waals surface area contributed by atoms with Gasteiger partial charge < -0.3 is 9.47 Å². The van der Waals surface area contributed by atoms with E-state index in [1.807, 2.05) is 0 Å². The maximum absolute atomic E-state index is 13.8. The van der Waals surface area contributed by atoms with Gasteiger partial charge in [0.15, 0.2) is 11.5 Å². The molecule has 1 aliphatic heterocycles. The van der Waals surface area contributed by atoms with Gasteiger partial charge in [-0.15, -0.1) is 0 Å². The minimum absolute atomic E-state index is 0.0538. The number of carbonyl (C=O) groups is 1. The highest BCUT2D eigenvalue weighted by Gasteiger charge is 2.22. The molecular formula is C16H9FN4O5. The molecule has 0 fully saturated rings. The summed E-state index contributed by atoms with van der Waals surface area (Å²) in [4.78, 5) is 22.4. The number of nitrogens with one attached hydrogen (secondary N) is 1. The van der Waals surface area contributed by atoms with Gasteiger partial charge in [-0.1, -0.05) is 0 Å². The molecule has 130 valence electrons. The van der Waals surface area contributed by atoms with E-state index in [-0.39, 0.29) is 34.9 Å². The van der Waals surface area contributed by atoms with Crippen LogP contribution in [-0.2, 0) is 0 Å². The molecule has 1 heterocycles. The van der Waals surface area contributed by atoms with Gasteiger partial charge in [-0.05, 0) is 24.3 Å². The Morgan fingerprint density at radius 3 is 2.73 bits per heavy atom. The summed E-state index contributed by atoms with van der Waals surface area (Å²) in [5, 5.41) is 23.4. The zero-order valence-corrected chi connectivity index (χ0v) is 12.9. The van der Waals surface area contributed by atoms with Crippen molar-refractivity contribution in [3.8, 4) is 17.6 Å². The van der Waals surface area contributed by atoms with E-state index < -0.39 is 16.6 Å². The second-order valence-corrected chi connectivity index (χ2v) is 5.03. The van der Waals surface area contributed by atoms with Crippen LogP contribution in [0.4, 0.5) is 10.1 Å². The fourth-order valence-corrected chi connectivity index (χ4v) is 2.20. The van der Waals surface area contributed by atoms with E-state index in [1.165, 1.54) is 18.2 Å². The fraction of sp³-hybridized carbons (Fsp3) is 0.0625. The van der Waals surface area contributed by atoms with Crippen molar-refractivity contribution in [2.75, 3.05) is 6.79 Å². The van der Waals surface area contributed by atoms with Crippen molar-refractivity contribution in [1.29, 1.82) is 5.26 Å². The fourth-order valence-electron chi connectivity index (χ4n) is 2.20. The average Bonchev–Trinajstić information content (AvgIpc) is 3.07. The number of carbonyl (C=O) groups excluding carboxylic acids is 1. The zero-order chi connectivity index (χ0) is 18.7. The van der Waals surface area contributed by atoms with E-state index in [2.05, 4.69) is 10.5 Å². The monoisotopic (exact) mass is 356 g/mol. The number of nitro groups is 1. The molecule has 2 aromatic rings. The summed E-state index contributed by atoms with van der Waals surface area (Å²) in [5.74, 6) is -1.21. The molecule has 3 rings (SSSR count). The number of amides is 1. The van der Waals surface area contributed by atoms with E-state index in [9.17, 15) is 19.3 Å². The summed E-state index contributed by atoms with van der Waals surface area (Å²) in [6.45, 7) is -0.0538. The normalized spacial score (nSPS) is 12.0. The Labute approximate surface area is 145 Å². The summed E-state index contributed by atoms with van der Waals surface area (Å²) < 4.78 is 24.0. The largest absolute Gasteiger partial charge is 0.454 e. The number of rotatable bonds is 4. The third kappa shape index (κ3) is 3.27. The molecule has 26 heavy (non-hydrogen) atoms. The van der Waals surface area contributed by atoms with Crippen LogP contribution < -0.4 is 14.9 Å². The first-order valence-corrected chi connectivity index (χ1v) is 7.10. The smallest absolute Gasteiger partial charge is 0.282 e. The first-order valence-electron chi connectivity index (χ1n) is 7.10. The predicted octanol–water partition coefficient (Wildman–Crippen LogP) is 2.10. The van der Waals surface area contributed by atoms with Gasteiger partial charge in [-0.3, -0.25) is 14.9 Å². The van der Waals surface area contributed by atoms with E-state index in [4.69, 9.17) is 14.7 Å². The molecule has 0 spiro atoms. The molecule has 0 aromatic heterocycles. The Morgan fingerprint density at radius 1 is 1.35 bits per heavy atom. The summed E-state index contributed by atoms with van der Waals surface area (Å²) in [6.07, 6.45) is 1.04. The molecule has 10 heteroatoms. The molecule has 9 nitrogen and oxygen atoms in total. The van der Waals surface area contributed by atoms with E-state index >= 15 is 0 Å². The molecule has 0 saturated carbocycles. The zero-order valence-electron chi connectivity index (χ0n) is 12.9. The highest BCUT2D eigenvalue weighted by molar-refractivity contribution is 5.95. The number of nitriles is 1. The number of nitro benzene ring substituents is 1. The van der Waals surface area contributed by atoms with Crippen molar-refractivity contribution < 1.29 is 23.6 Å². The van der Waals surface area contributed by atoms with Crippen LogP contribution >= 0.6 is 0 Å². The number of halogens is 1. The Kier molecular flexibility index (Phi) is 4.44. The van der Waals surface area contributed by atoms with Crippen LogP contribution in [-0.4, -0.2) is 23.8 Å². The third-order valence-electron chi connectivity index (χ3n) is 3.43. The van der Waals surface area contributed by atoms with Crippen molar-refractivity contribution >= 4 is 17.8 Å². The van der Waals surface area contributed by atoms with Crippen LogP contribution in [0.1, 0.15) is 21.5 Å². The third-order valence-corrected chi connectivity index (χ3v) is 3.43. The second kappa shape index (κ2) is 6.86. The maximum Gasteiger partial charge on any atom is 0.282 e. The van der Waals surface area contributed by atoms with E-state index in [1.54, 1.807) is 6.07 Å². The summed E-state index contributed by atoms with van der Waals surface area (Å²) >= 11 is 0. The Hall–Kier alpha value is -4.00. The molecule has 0 bridgehead atoms. The van der Waals surface area contributed by atoms with E-state index in [0.29, 0.717) is 5.75 Å². The van der Waals surface area contributed by atoms with Gasteiger partial charge in [0.1, 0.15) is 5.82 Å². The SMILES string of the molecule is N#Cc1ccc(C(=O)N/N=C/c2cc3c(cc2[N+](=O)[O-])OCO3)c(F)c1. The van der Waals surface area contributed by atoms with Gasteiger partial charge in [0, 0.05) is 0 Å². The maximum atomic E-state index is 13.8. The van der Waals surface area contributed by atoms with Crippen LogP contribution in [0.3, 0.4) is 0 Å². The van der Waals surface area contributed by atoms with Gasteiger partial charge in [-0.25, -0.2) is 9.82 Å². The molecule has 0 saturated heterocycles. The topological polar surface area (TPSA) is 127 Å². The van der Waals surface area contributed by atoms with Gasteiger partial charge >= 0.3 is 0 Å². The van der Waals surface area contributed by atoms with Crippen molar-refractivity contribution in [1.82, 2.24) is 5.43 Å². The number of hydrazone groups is 1. The van der Waals surface area contributed by atoms with Crippen LogP contribution in [0, 0.1) is 27.3 Å². The molecule has 0 radical (unpaired) electrons. The lowest BCUT2D eigenvalue weighted by Crippen LogP contribution is -2.19. The lowest BCUT2D eigenvalue weighted by atomic mass is 10.1. The first-order chi connectivity index (χ1) is 12.5. The van der Waals surface area contributed by atoms with Gasteiger partial charge in [0.25, 0.3) is 11.6 Å². The Balaban J connectivity index is 1.80. The lowest BCUT2D eigenvalue weighted by molar-refractivity contribution is -0.385. The first kappa shape index (κ1) is 16.8. The highest BCUT2D eigenvalue weighted by atomic mass is 19.1. The summed E-state index contributed by atoms with van der Waals surface area (Å²) in [7, 11) is 0. The summed E-state index contributed by atoms with van der Waals surface area (Å²) in [5.41, 5.74) is 1.60. The van der Waals surface area contributed by atoms with Gasteiger partial charge in [0.05, 0.1) is 40.0 Å². The molecular weight excluding hydrogens is 347 g/mol. The number of ether oxygens (including phenoxy) is 2. The van der Waals surface area contributed by atoms with Crippen LogP contribution in [0.15, 0.2) is 35.4 Å². The summed E-state index contributed by atoms with van der Waals surface area (Å²) in [6, 6.07) is 7.62. The highest BCUT2D eigenvalue weighted by Crippen LogP contribution is 2.37. The van der Waals surface area contributed by atoms with Gasteiger partial charge in [-0.2, -0.15) is 10.4 Å². The van der Waals surface area contributed by atoms with Crippen molar-refractivity contribution in [2.24, 2.45) is 5.10 Å². The van der Waals surface area contributed by atoms with Crippen LogP contribution in [0.25, 0.3) is 0 Å². The molecule has 0 unspecified atom stereocenters. The molecule has 2 aromatic carbocycles. The van der Waals surface area contributed by atoms with Crippen LogP contribution in [0.2, 0.25) is 0 Å². The van der Waals surface area contributed by atoms with Crippen molar-refractivity contribution in [3.63, 3.8) is 0 Å². The molecule has 1 amide bonds. The number of hydrogen-bond donors (Lipinski definition) is 1. The standard InChI is InChI=1S/C16H9FN4O5/c17-12-3-9(6-18)1-2-11(12)16(22)20-19-7-10-4-14-15(26-8-25-14)5-13(10)21(23)24/h1-5,7H,8H2,(H,20,22)/b19-7+. The Morgan fingerprint density at radius 2 is 2.08 bits per heavy atom. The van der Waals surface area contributed by atoms with Crippen LogP contribution in [0.5, 0.6) is 11.5 Å². The second-order valence-electron chi connectivity index (χ2n) is 5.03. The number of benzene rings is 2. The van der Waals surface area contributed by atoms with E-state index in [0.717, 1.165) is 18.3 Å². The minimum Gasteiger partial charge on any atom is -0.454 e. The number of hydrogen-bond acceptors (Lipinski definition) is 7. The lowest BCUT2D eigenvalue weighted by Gasteiger charge is -2.03. The number of fused-ring (bicyclic) bond motifs is 1. The number of nitrogens with zero attached hydrogens (tertiary/aromatic N) is 3. The molecule has 1 aliphatic rings. The van der Waals surface area contributed by atoms with Crippen molar-refractivity contribution in [3.05, 3.63) is 63.0 Å².